The highest BCUT2D eigenvalue weighted by Crippen LogP contribution is 2.16. The minimum absolute atomic E-state index is 0.144. The van der Waals surface area contributed by atoms with Crippen LogP contribution in [0.5, 0.6) is 0 Å². The van der Waals surface area contributed by atoms with Crippen molar-refractivity contribution >= 4 is 11.8 Å². The summed E-state index contributed by atoms with van der Waals surface area (Å²) >= 11 is 0. The van der Waals surface area contributed by atoms with Gasteiger partial charge in [-0.3, -0.25) is 0 Å². The Balaban J connectivity index is 3.22. The Morgan fingerprint density at radius 2 is 2.38 bits per heavy atom. The van der Waals surface area contributed by atoms with Crippen LogP contribution in [-0.2, 0) is 11.8 Å². The molecule has 70 valence electrons. The number of nitro groups is 1. The van der Waals surface area contributed by atoms with E-state index in [1.165, 1.54) is 7.05 Å². The molecule has 7 heteroatoms. The third-order valence-corrected chi connectivity index (χ3v) is 1.49. The number of esters is 1. The highest BCUT2D eigenvalue weighted by Gasteiger charge is 2.25. The first-order valence-electron chi connectivity index (χ1n) is 3.32. The maximum absolute atomic E-state index is 11.0. The average Bonchev–Trinajstić information content (AvgIpc) is 2.45. The fourth-order valence-electron chi connectivity index (χ4n) is 0.902. The molecular weight excluding hydrogens is 178 g/mol. The molecular formula is C6H7N3O4. The fraction of sp³-hybridized carbons (Fsp3) is 0.333. The summed E-state index contributed by atoms with van der Waals surface area (Å²) in [5.74, 6) is -1.13. The molecule has 0 amide bonds. The Hall–Kier alpha value is -1.92. The number of rotatable bonds is 2. The van der Waals surface area contributed by atoms with Crippen LogP contribution in [-0.4, -0.2) is 27.8 Å². The number of nitrogens with zero attached hydrogens (tertiary/aromatic N) is 3. The molecule has 0 aliphatic rings. The number of hydrogen-bond donors (Lipinski definition) is 0. The van der Waals surface area contributed by atoms with Gasteiger partial charge in [0.25, 0.3) is 0 Å². The van der Waals surface area contributed by atoms with Crippen LogP contribution in [0.4, 0.5) is 5.82 Å². The van der Waals surface area contributed by atoms with E-state index in [0.717, 1.165) is 18.0 Å². The lowest BCUT2D eigenvalue weighted by Gasteiger charge is -1.96. The number of ether oxygens (including phenoxy) is 1. The molecule has 0 atom stereocenters. The summed E-state index contributed by atoms with van der Waals surface area (Å²) in [5, 5.41) is 14.0. The van der Waals surface area contributed by atoms with Gasteiger partial charge in [0.05, 0.1) is 13.3 Å². The molecule has 0 saturated carbocycles. The maximum atomic E-state index is 11.0. The van der Waals surface area contributed by atoms with Gasteiger partial charge in [-0.2, -0.15) is 0 Å². The summed E-state index contributed by atoms with van der Waals surface area (Å²) in [6, 6.07) is 0. The molecule has 0 spiro atoms. The first-order chi connectivity index (χ1) is 6.07. The summed E-state index contributed by atoms with van der Waals surface area (Å²) in [6.07, 6.45) is 1.10. The Kier molecular flexibility index (Phi) is 2.27. The van der Waals surface area contributed by atoms with Gasteiger partial charge in [-0.15, -0.1) is 4.68 Å². The van der Waals surface area contributed by atoms with Crippen LogP contribution < -0.4 is 0 Å². The Bertz CT molecular complexity index is 357. The zero-order valence-electron chi connectivity index (χ0n) is 7.05. The average molecular weight is 185 g/mol. The van der Waals surface area contributed by atoms with Gasteiger partial charge in [-0.1, -0.05) is 5.10 Å². The molecule has 0 N–H and O–H groups in total. The third kappa shape index (κ3) is 1.48. The van der Waals surface area contributed by atoms with Crippen LogP contribution >= 0.6 is 0 Å². The zero-order chi connectivity index (χ0) is 10.0. The van der Waals surface area contributed by atoms with Crippen LogP contribution in [0.1, 0.15) is 10.4 Å². The van der Waals surface area contributed by atoms with Crippen LogP contribution in [0, 0.1) is 10.1 Å². The molecule has 0 aromatic carbocycles. The van der Waals surface area contributed by atoms with Crippen molar-refractivity contribution in [2.45, 2.75) is 0 Å². The molecule has 1 heterocycles. The largest absolute Gasteiger partial charge is 0.465 e. The Morgan fingerprint density at radius 1 is 1.77 bits per heavy atom. The molecule has 0 bridgehead atoms. The molecule has 0 radical (unpaired) electrons. The van der Waals surface area contributed by atoms with Gasteiger partial charge < -0.3 is 14.9 Å². The molecule has 0 unspecified atom stereocenters. The van der Waals surface area contributed by atoms with E-state index in [9.17, 15) is 14.9 Å². The van der Waals surface area contributed by atoms with Crippen LogP contribution in [0.2, 0.25) is 0 Å². The van der Waals surface area contributed by atoms with Crippen molar-refractivity contribution in [3.05, 3.63) is 21.9 Å². The van der Waals surface area contributed by atoms with E-state index in [4.69, 9.17) is 0 Å². The number of methoxy groups -OCH3 is 1. The SMILES string of the molecule is COC(=O)c1cnn(C)c1[N+](=O)[O-]. The monoisotopic (exact) mass is 185 g/mol. The summed E-state index contributed by atoms with van der Waals surface area (Å²) in [6.45, 7) is 0. The second-order valence-corrected chi connectivity index (χ2v) is 2.25. The zero-order valence-corrected chi connectivity index (χ0v) is 7.05. The van der Waals surface area contributed by atoms with Gasteiger partial charge >= 0.3 is 11.8 Å². The van der Waals surface area contributed by atoms with Crippen LogP contribution in [0.25, 0.3) is 0 Å². The van der Waals surface area contributed by atoms with Crippen LogP contribution in [0.15, 0.2) is 6.20 Å². The number of carbonyl (C=O) groups excluding carboxylic acids is 1. The van der Waals surface area contributed by atoms with E-state index in [1.807, 2.05) is 0 Å². The van der Waals surface area contributed by atoms with E-state index >= 15 is 0 Å². The van der Waals surface area contributed by atoms with E-state index < -0.39 is 10.9 Å². The quantitative estimate of drug-likeness (QED) is 0.371. The topological polar surface area (TPSA) is 87.3 Å². The molecule has 0 fully saturated rings. The van der Waals surface area contributed by atoms with Crippen molar-refractivity contribution < 1.29 is 14.5 Å². The minimum Gasteiger partial charge on any atom is -0.465 e. The van der Waals surface area contributed by atoms with Crippen LogP contribution in [0.3, 0.4) is 0 Å². The van der Waals surface area contributed by atoms with Crippen molar-refractivity contribution in [1.82, 2.24) is 9.78 Å². The summed E-state index contributed by atoms with van der Waals surface area (Å²) in [4.78, 5) is 20.8. The van der Waals surface area contributed by atoms with Gasteiger partial charge in [-0.05, 0) is 4.92 Å². The second-order valence-electron chi connectivity index (χ2n) is 2.25. The molecule has 13 heavy (non-hydrogen) atoms. The number of aryl methyl sites for hydroxylation is 1. The lowest BCUT2D eigenvalue weighted by Crippen LogP contribution is -2.06. The van der Waals surface area contributed by atoms with Gasteiger partial charge in [0.1, 0.15) is 7.05 Å². The van der Waals surface area contributed by atoms with E-state index in [1.54, 1.807) is 0 Å². The van der Waals surface area contributed by atoms with E-state index in [0.29, 0.717) is 0 Å². The first-order valence-corrected chi connectivity index (χ1v) is 3.32. The number of carbonyl (C=O) groups is 1. The van der Waals surface area contributed by atoms with E-state index in [-0.39, 0.29) is 11.4 Å². The summed E-state index contributed by atoms with van der Waals surface area (Å²) < 4.78 is 5.35. The summed E-state index contributed by atoms with van der Waals surface area (Å²) in [7, 11) is 2.53. The number of hydrogen-bond acceptors (Lipinski definition) is 5. The predicted octanol–water partition coefficient (Wildman–Crippen LogP) is 0.115. The van der Waals surface area contributed by atoms with Gasteiger partial charge in [0, 0.05) is 0 Å². The van der Waals surface area contributed by atoms with Crippen molar-refractivity contribution in [1.29, 1.82) is 0 Å². The molecule has 7 nitrogen and oxygen atoms in total. The molecule has 0 aliphatic carbocycles. The molecule has 0 aliphatic heterocycles. The van der Waals surface area contributed by atoms with Gasteiger partial charge in [0.15, 0.2) is 5.56 Å². The second kappa shape index (κ2) is 3.21. The third-order valence-electron chi connectivity index (χ3n) is 1.49. The van der Waals surface area contributed by atoms with Crippen molar-refractivity contribution in [3.63, 3.8) is 0 Å². The minimum atomic E-state index is -0.764. The van der Waals surface area contributed by atoms with Crippen molar-refractivity contribution in [2.75, 3.05) is 7.11 Å². The van der Waals surface area contributed by atoms with Crippen molar-refractivity contribution in [2.24, 2.45) is 7.05 Å². The molecule has 1 aromatic heterocycles. The standard InChI is InChI=1S/C6H7N3O4/c1-8-5(9(11)12)4(3-7-8)6(10)13-2/h3H,1-2H3. The fourth-order valence-corrected chi connectivity index (χ4v) is 0.902. The first kappa shape index (κ1) is 9.17. The smallest absolute Gasteiger partial charge is 0.359 e. The lowest BCUT2D eigenvalue weighted by molar-refractivity contribution is -0.392. The Morgan fingerprint density at radius 3 is 2.85 bits per heavy atom. The van der Waals surface area contributed by atoms with Gasteiger partial charge in [0.2, 0.25) is 0 Å². The predicted molar refractivity (Wildman–Crippen MR) is 41.2 cm³/mol. The van der Waals surface area contributed by atoms with Crippen molar-refractivity contribution in [3.8, 4) is 0 Å². The maximum Gasteiger partial charge on any atom is 0.359 e. The van der Waals surface area contributed by atoms with Gasteiger partial charge in [-0.25, -0.2) is 4.79 Å². The Labute approximate surface area is 73.1 Å². The highest BCUT2D eigenvalue weighted by molar-refractivity contribution is 5.92. The number of aromatic nitrogens is 2. The van der Waals surface area contributed by atoms with E-state index in [2.05, 4.69) is 9.84 Å². The lowest BCUT2D eigenvalue weighted by atomic mass is 10.3. The summed E-state index contributed by atoms with van der Waals surface area (Å²) in [5.41, 5.74) is -0.144. The highest BCUT2D eigenvalue weighted by atomic mass is 16.6. The molecule has 0 saturated heterocycles. The normalized spacial score (nSPS) is 9.69. The molecule has 1 aromatic rings. The molecule has 1 rings (SSSR count).